The van der Waals surface area contributed by atoms with Crippen LogP contribution < -0.4 is 10.6 Å². The molecular formula is C14H13FN2O2S. The minimum absolute atomic E-state index is 0.0525. The SMILES string of the molecule is CC1(C)C2C(=O)N(c3cccc(F)c3C(N)=S)C(=O)C21. The molecule has 1 aliphatic heterocycles. The fourth-order valence-corrected chi connectivity index (χ4v) is 3.33. The number of piperidine rings is 1. The molecule has 4 nitrogen and oxygen atoms in total. The zero-order valence-corrected chi connectivity index (χ0v) is 11.8. The molecular weight excluding hydrogens is 279 g/mol. The van der Waals surface area contributed by atoms with Crippen molar-refractivity contribution < 1.29 is 14.0 Å². The van der Waals surface area contributed by atoms with E-state index in [0.717, 1.165) is 4.90 Å². The van der Waals surface area contributed by atoms with Crippen LogP contribution in [0.1, 0.15) is 19.4 Å². The van der Waals surface area contributed by atoms with E-state index in [-0.39, 0.29) is 45.3 Å². The predicted octanol–water partition coefficient (Wildman–Crippen LogP) is 1.61. The number of amides is 2. The fraction of sp³-hybridized carbons (Fsp3) is 0.357. The standard InChI is InChI=1S/C14H13FN2O2S/c1-14(2)9-10(14)13(19)17(12(9)18)7-5-3-4-6(15)8(7)11(16)20/h3-5,9-10H,1-2H3,(H2,16,20). The third kappa shape index (κ3) is 1.48. The Kier molecular flexibility index (Phi) is 2.54. The Morgan fingerprint density at radius 1 is 1.30 bits per heavy atom. The Morgan fingerprint density at radius 3 is 2.35 bits per heavy atom. The molecule has 1 heterocycles. The van der Waals surface area contributed by atoms with Crippen molar-refractivity contribution in [1.82, 2.24) is 0 Å². The van der Waals surface area contributed by atoms with Crippen molar-refractivity contribution in [3.8, 4) is 0 Å². The van der Waals surface area contributed by atoms with Crippen LogP contribution in [0.3, 0.4) is 0 Å². The van der Waals surface area contributed by atoms with E-state index in [0.29, 0.717) is 0 Å². The van der Waals surface area contributed by atoms with Gasteiger partial charge in [0.15, 0.2) is 0 Å². The number of nitrogens with zero attached hydrogens (tertiary/aromatic N) is 1. The molecule has 6 heteroatoms. The van der Waals surface area contributed by atoms with Crippen molar-refractivity contribution in [1.29, 1.82) is 0 Å². The van der Waals surface area contributed by atoms with Crippen LogP contribution in [0.5, 0.6) is 0 Å². The number of fused-ring (bicyclic) bond motifs is 1. The highest BCUT2D eigenvalue weighted by atomic mass is 32.1. The first kappa shape index (κ1) is 13.2. The van der Waals surface area contributed by atoms with Gasteiger partial charge in [0, 0.05) is 0 Å². The monoisotopic (exact) mass is 292 g/mol. The van der Waals surface area contributed by atoms with Gasteiger partial charge in [-0.25, -0.2) is 9.29 Å². The molecule has 2 fully saturated rings. The lowest BCUT2D eigenvalue weighted by Gasteiger charge is -2.22. The topological polar surface area (TPSA) is 63.4 Å². The summed E-state index contributed by atoms with van der Waals surface area (Å²) in [4.78, 5) is 25.6. The number of anilines is 1. The third-order valence-corrected chi connectivity index (χ3v) is 4.48. The molecule has 1 aliphatic carbocycles. The third-order valence-electron chi connectivity index (χ3n) is 4.28. The van der Waals surface area contributed by atoms with Crippen molar-refractivity contribution in [3.05, 3.63) is 29.6 Å². The van der Waals surface area contributed by atoms with Gasteiger partial charge in [-0.3, -0.25) is 9.59 Å². The summed E-state index contributed by atoms with van der Waals surface area (Å²) < 4.78 is 13.9. The first-order valence-electron chi connectivity index (χ1n) is 6.24. The zero-order chi connectivity index (χ0) is 14.8. The van der Waals surface area contributed by atoms with Crippen LogP contribution in [0.15, 0.2) is 18.2 Å². The first-order chi connectivity index (χ1) is 9.28. The summed E-state index contributed by atoms with van der Waals surface area (Å²) in [6.07, 6.45) is 0. The fourth-order valence-electron chi connectivity index (χ4n) is 3.13. The van der Waals surface area contributed by atoms with Gasteiger partial charge >= 0.3 is 0 Å². The molecule has 0 aromatic heterocycles. The van der Waals surface area contributed by atoms with Gasteiger partial charge in [0.1, 0.15) is 10.8 Å². The average molecular weight is 292 g/mol. The van der Waals surface area contributed by atoms with Crippen LogP contribution >= 0.6 is 12.2 Å². The van der Waals surface area contributed by atoms with Crippen molar-refractivity contribution in [3.63, 3.8) is 0 Å². The van der Waals surface area contributed by atoms with E-state index in [1.54, 1.807) is 0 Å². The number of thiocarbonyl (C=S) groups is 1. The first-order valence-corrected chi connectivity index (χ1v) is 6.65. The highest BCUT2D eigenvalue weighted by Gasteiger charge is 2.72. The van der Waals surface area contributed by atoms with Crippen molar-refractivity contribution in [2.75, 3.05) is 4.90 Å². The van der Waals surface area contributed by atoms with Crippen molar-refractivity contribution >= 4 is 34.7 Å². The van der Waals surface area contributed by atoms with Gasteiger partial charge in [-0.1, -0.05) is 32.1 Å². The number of nitrogens with two attached hydrogens (primary N) is 1. The van der Waals surface area contributed by atoms with Crippen LogP contribution in [-0.4, -0.2) is 16.8 Å². The summed E-state index contributed by atoms with van der Waals surface area (Å²) in [7, 11) is 0. The molecule has 0 bridgehead atoms. The molecule has 2 unspecified atom stereocenters. The van der Waals surface area contributed by atoms with Crippen LogP contribution in [0.2, 0.25) is 0 Å². The lowest BCUT2D eigenvalue weighted by molar-refractivity contribution is -0.125. The molecule has 2 amide bonds. The van der Waals surface area contributed by atoms with E-state index in [9.17, 15) is 14.0 Å². The molecule has 1 saturated carbocycles. The molecule has 0 radical (unpaired) electrons. The number of benzene rings is 1. The average Bonchev–Trinajstić information content (AvgIpc) is 2.79. The van der Waals surface area contributed by atoms with Gasteiger partial charge in [-0.05, 0) is 17.5 Å². The Hall–Kier alpha value is -1.82. The van der Waals surface area contributed by atoms with Gasteiger partial charge in [0.2, 0.25) is 11.8 Å². The molecule has 0 spiro atoms. The summed E-state index contributed by atoms with van der Waals surface area (Å²) in [5.74, 6) is -1.87. The Balaban J connectivity index is 2.09. The predicted molar refractivity (Wildman–Crippen MR) is 75.5 cm³/mol. The molecule has 2 N–H and O–H groups in total. The maximum atomic E-state index is 13.9. The van der Waals surface area contributed by atoms with Gasteiger partial charge in [-0.2, -0.15) is 0 Å². The Bertz CT molecular complexity index is 647. The van der Waals surface area contributed by atoms with E-state index in [1.165, 1.54) is 18.2 Å². The molecule has 20 heavy (non-hydrogen) atoms. The highest BCUT2D eigenvalue weighted by molar-refractivity contribution is 7.80. The molecule has 3 rings (SSSR count). The van der Waals surface area contributed by atoms with Crippen molar-refractivity contribution in [2.24, 2.45) is 23.0 Å². The number of carbonyl (C=O) groups excluding carboxylic acids is 2. The van der Waals surface area contributed by atoms with Gasteiger partial charge in [0.05, 0.1) is 23.1 Å². The minimum atomic E-state index is -0.629. The lowest BCUT2D eigenvalue weighted by Crippen LogP contribution is -2.37. The van der Waals surface area contributed by atoms with E-state index < -0.39 is 5.82 Å². The second kappa shape index (κ2) is 3.85. The van der Waals surface area contributed by atoms with Crippen molar-refractivity contribution in [2.45, 2.75) is 13.8 Å². The molecule has 1 saturated heterocycles. The molecule has 104 valence electrons. The summed E-state index contributed by atoms with van der Waals surface area (Å²) in [5.41, 5.74) is 5.31. The number of hydrogen-bond donors (Lipinski definition) is 1. The summed E-state index contributed by atoms with van der Waals surface area (Å²) in [5, 5.41) is 0. The number of hydrogen-bond acceptors (Lipinski definition) is 3. The number of carbonyl (C=O) groups is 2. The summed E-state index contributed by atoms with van der Waals surface area (Å²) >= 11 is 4.82. The quantitative estimate of drug-likeness (QED) is 0.664. The molecule has 2 aliphatic rings. The minimum Gasteiger partial charge on any atom is -0.389 e. The molecule has 1 aromatic carbocycles. The Labute approximate surface area is 120 Å². The largest absolute Gasteiger partial charge is 0.389 e. The maximum absolute atomic E-state index is 13.9. The van der Waals surface area contributed by atoms with Crippen LogP contribution in [0.4, 0.5) is 10.1 Å². The summed E-state index contributed by atoms with van der Waals surface area (Å²) in [6, 6.07) is 4.13. The van der Waals surface area contributed by atoms with Gasteiger partial charge < -0.3 is 5.73 Å². The second-order valence-electron chi connectivity index (χ2n) is 5.79. The number of imide groups is 1. The normalized spacial score (nSPS) is 26.6. The highest BCUT2D eigenvalue weighted by Crippen LogP contribution is 2.63. The number of rotatable bonds is 2. The smallest absolute Gasteiger partial charge is 0.238 e. The van der Waals surface area contributed by atoms with Crippen LogP contribution in [0.25, 0.3) is 0 Å². The van der Waals surface area contributed by atoms with E-state index in [1.807, 2.05) is 13.8 Å². The molecule has 1 aromatic rings. The number of halogens is 1. The maximum Gasteiger partial charge on any atom is 0.238 e. The molecule has 2 atom stereocenters. The lowest BCUT2D eigenvalue weighted by atomic mass is 10.0. The van der Waals surface area contributed by atoms with Gasteiger partial charge in [0.25, 0.3) is 0 Å². The van der Waals surface area contributed by atoms with Crippen LogP contribution in [0, 0.1) is 23.1 Å². The second-order valence-corrected chi connectivity index (χ2v) is 6.23. The van der Waals surface area contributed by atoms with Gasteiger partial charge in [-0.15, -0.1) is 0 Å². The Morgan fingerprint density at radius 2 is 1.85 bits per heavy atom. The zero-order valence-electron chi connectivity index (χ0n) is 11.0. The summed E-state index contributed by atoms with van der Waals surface area (Å²) in [6.45, 7) is 3.77. The van der Waals surface area contributed by atoms with E-state index in [4.69, 9.17) is 18.0 Å². The van der Waals surface area contributed by atoms with E-state index in [2.05, 4.69) is 0 Å². The van der Waals surface area contributed by atoms with Crippen LogP contribution in [-0.2, 0) is 9.59 Å². The van der Waals surface area contributed by atoms with E-state index >= 15 is 0 Å².